The van der Waals surface area contributed by atoms with E-state index in [4.69, 9.17) is 9.73 Å². The highest BCUT2D eigenvalue weighted by Crippen LogP contribution is 2.23. The zero-order valence-electron chi connectivity index (χ0n) is 15.5. The van der Waals surface area contributed by atoms with Crippen molar-refractivity contribution in [2.75, 3.05) is 39.4 Å². The number of nitrogens with one attached hydrogen (secondary N) is 2. The number of hydrogen-bond acceptors (Lipinski definition) is 3. The van der Waals surface area contributed by atoms with Crippen molar-refractivity contribution in [2.45, 2.75) is 39.8 Å². The lowest BCUT2D eigenvalue weighted by Gasteiger charge is -2.34. The van der Waals surface area contributed by atoms with E-state index in [1.165, 1.54) is 11.1 Å². The molecule has 1 aliphatic heterocycles. The van der Waals surface area contributed by atoms with Gasteiger partial charge in [0.1, 0.15) is 0 Å². The molecule has 24 heavy (non-hydrogen) atoms. The minimum Gasteiger partial charge on any atom is -0.379 e. The quantitative estimate of drug-likeness (QED) is 0.620. The van der Waals surface area contributed by atoms with E-state index < -0.39 is 0 Å². The first kappa shape index (κ1) is 18.7. The van der Waals surface area contributed by atoms with Crippen LogP contribution in [0.2, 0.25) is 0 Å². The minimum atomic E-state index is 0.288. The third-order valence-corrected chi connectivity index (χ3v) is 4.11. The van der Waals surface area contributed by atoms with Crippen molar-refractivity contribution in [3.8, 4) is 0 Å². The molecule has 1 aromatic carbocycles. The summed E-state index contributed by atoms with van der Waals surface area (Å²) < 4.78 is 5.52. The fourth-order valence-electron chi connectivity index (χ4n) is 2.97. The Bertz CT molecular complexity index is 524. The van der Waals surface area contributed by atoms with Crippen LogP contribution in [0, 0.1) is 6.92 Å². The molecule has 0 amide bonds. The van der Waals surface area contributed by atoms with Gasteiger partial charge >= 0.3 is 0 Å². The summed E-state index contributed by atoms with van der Waals surface area (Å²) >= 11 is 0. The smallest absolute Gasteiger partial charge is 0.191 e. The summed E-state index contributed by atoms with van der Waals surface area (Å²) in [6.45, 7) is 13.6. The summed E-state index contributed by atoms with van der Waals surface area (Å²) in [6.07, 6.45) is 0. The summed E-state index contributed by atoms with van der Waals surface area (Å²) in [5.41, 5.74) is 2.63. The third-order valence-electron chi connectivity index (χ3n) is 4.11. The van der Waals surface area contributed by atoms with Crippen LogP contribution in [0.5, 0.6) is 0 Å². The van der Waals surface area contributed by atoms with Crippen LogP contribution < -0.4 is 10.6 Å². The second-order valence-corrected chi connectivity index (χ2v) is 6.60. The Morgan fingerprint density at radius 3 is 2.67 bits per heavy atom. The number of ether oxygens (including phenoxy) is 1. The van der Waals surface area contributed by atoms with E-state index in [1.54, 1.807) is 0 Å². The summed E-state index contributed by atoms with van der Waals surface area (Å²) in [5, 5.41) is 6.73. The normalized spacial score (nSPS) is 17.8. The molecule has 134 valence electrons. The van der Waals surface area contributed by atoms with Gasteiger partial charge in [-0.05, 0) is 33.3 Å². The molecule has 2 N–H and O–H groups in total. The molecule has 0 bridgehead atoms. The summed E-state index contributed by atoms with van der Waals surface area (Å²) in [4.78, 5) is 7.33. The van der Waals surface area contributed by atoms with Gasteiger partial charge in [0.25, 0.3) is 0 Å². The van der Waals surface area contributed by atoms with Crippen LogP contribution in [-0.4, -0.2) is 56.3 Å². The highest BCUT2D eigenvalue weighted by atomic mass is 16.5. The fourth-order valence-corrected chi connectivity index (χ4v) is 2.97. The molecule has 1 heterocycles. The number of nitrogens with zero attached hydrogens (tertiary/aromatic N) is 2. The predicted octanol–water partition coefficient (Wildman–Crippen LogP) is 2.33. The van der Waals surface area contributed by atoms with E-state index in [1.807, 2.05) is 0 Å². The zero-order chi connectivity index (χ0) is 17.4. The van der Waals surface area contributed by atoms with E-state index in [0.717, 1.165) is 45.4 Å². The number of rotatable bonds is 6. The van der Waals surface area contributed by atoms with E-state index >= 15 is 0 Å². The van der Waals surface area contributed by atoms with Gasteiger partial charge in [0.05, 0.1) is 25.8 Å². The largest absolute Gasteiger partial charge is 0.379 e. The van der Waals surface area contributed by atoms with Crippen molar-refractivity contribution in [2.24, 2.45) is 4.99 Å². The van der Waals surface area contributed by atoms with Gasteiger partial charge in [0.15, 0.2) is 5.96 Å². The molecule has 0 aromatic heterocycles. The Hall–Kier alpha value is -1.59. The van der Waals surface area contributed by atoms with Crippen LogP contribution in [0.15, 0.2) is 29.3 Å². The Kier molecular flexibility index (Phi) is 7.53. The predicted molar refractivity (Wildman–Crippen MR) is 101 cm³/mol. The Labute approximate surface area is 146 Å². The van der Waals surface area contributed by atoms with Crippen molar-refractivity contribution >= 4 is 5.96 Å². The Morgan fingerprint density at radius 2 is 2.04 bits per heavy atom. The molecule has 5 nitrogen and oxygen atoms in total. The second kappa shape index (κ2) is 9.64. The average molecular weight is 332 g/mol. The van der Waals surface area contributed by atoms with Crippen LogP contribution in [0.25, 0.3) is 0 Å². The summed E-state index contributed by atoms with van der Waals surface area (Å²) in [6, 6.07) is 9.43. The first-order chi connectivity index (χ1) is 11.6. The molecule has 5 heteroatoms. The molecule has 0 aliphatic carbocycles. The van der Waals surface area contributed by atoms with Crippen LogP contribution in [0.3, 0.4) is 0 Å². The number of aliphatic imine (C=N–C) groups is 1. The summed E-state index contributed by atoms with van der Waals surface area (Å²) in [7, 11) is 0. The van der Waals surface area contributed by atoms with Gasteiger partial charge in [-0.15, -0.1) is 0 Å². The Balaban J connectivity index is 2.18. The molecule has 0 spiro atoms. The van der Waals surface area contributed by atoms with Crippen LogP contribution in [0.4, 0.5) is 0 Å². The first-order valence-corrected chi connectivity index (χ1v) is 9.03. The lowest BCUT2D eigenvalue weighted by Crippen LogP contribution is -2.43. The van der Waals surface area contributed by atoms with Gasteiger partial charge in [-0.25, -0.2) is 0 Å². The highest BCUT2D eigenvalue weighted by molar-refractivity contribution is 5.80. The second-order valence-electron chi connectivity index (χ2n) is 6.60. The van der Waals surface area contributed by atoms with Gasteiger partial charge in [0.2, 0.25) is 0 Å². The summed E-state index contributed by atoms with van der Waals surface area (Å²) in [5.74, 6) is 0.887. The monoisotopic (exact) mass is 332 g/mol. The molecule has 1 unspecified atom stereocenters. The van der Waals surface area contributed by atoms with Crippen molar-refractivity contribution in [3.63, 3.8) is 0 Å². The van der Waals surface area contributed by atoms with E-state index in [2.05, 4.69) is 67.5 Å². The third kappa shape index (κ3) is 5.80. The molecule has 1 saturated heterocycles. The molecule has 1 aromatic rings. The maximum Gasteiger partial charge on any atom is 0.191 e. The van der Waals surface area contributed by atoms with Crippen molar-refractivity contribution in [3.05, 3.63) is 35.4 Å². The van der Waals surface area contributed by atoms with Crippen molar-refractivity contribution in [1.29, 1.82) is 0 Å². The molecule has 2 rings (SSSR count). The molecule has 0 saturated carbocycles. The SMILES string of the molecule is CCNC(=NCC(c1cccc(C)c1)N1CCOCC1)NC(C)C. The fraction of sp³-hybridized carbons (Fsp3) is 0.632. The molecular formula is C19H32N4O. The number of hydrogen-bond donors (Lipinski definition) is 2. The van der Waals surface area contributed by atoms with E-state index in [0.29, 0.717) is 6.04 Å². The number of morpholine rings is 1. The lowest BCUT2D eigenvalue weighted by molar-refractivity contribution is 0.0179. The van der Waals surface area contributed by atoms with E-state index in [9.17, 15) is 0 Å². The maximum atomic E-state index is 5.52. The van der Waals surface area contributed by atoms with Gasteiger partial charge in [-0.2, -0.15) is 0 Å². The van der Waals surface area contributed by atoms with Crippen molar-refractivity contribution in [1.82, 2.24) is 15.5 Å². The van der Waals surface area contributed by atoms with Gasteiger partial charge in [-0.1, -0.05) is 29.8 Å². The standard InChI is InChI=1S/C19H32N4O/c1-5-20-19(22-15(2)3)21-14-18(23-9-11-24-12-10-23)17-8-6-7-16(4)13-17/h6-8,13,15,18H,5,9-12,14H2,1-4H3,(H2,20,21,22). The topological polar surface area (TPSA) is 48.9 Å². The molecular weight excluding hydrogens is 300 g/mol. The molecule has 1 atom stereocenters. The average Bonchev–Trinajstić information content (AvgIpc) is 2.56. The van der Waals surface area contributed by atoms with Gasteiger partial charge in [0, 0.05) is 25.7 Å². The number of guanidine groups is 1. The minimum absolute atomic E-state index is 0.288. The molecule has 0 radical (unpaired) electrons. The van der Waals surface area contributed by atoms with Crippen LogP contribution >= 0.6 is 0 Å². The molecule has 1 fully saturated rings. The number of aryl methyl sites for hydroxylation is 1. The van der Waals surface area contributed by atoms with Gasteiger partial charge < -0.3 is 15.4 Å². The number of benzene rings is 1. The van der Waals surface area contributed by atoms with Crippen LogP contribution in [0.1, 0.15) is 37.9 Å². The first-order valence-electron chi connectivity index (χ1n) is 9.03. The maximum absolute atomic E-state index is 5.52. The van der Waals surface area contributed by atoms with Crippen molar-refractivity contribution < 1.29 is 4.74 Å². The highest BCUT2D eigenvalue weighted by Gasteiger charge is 2.22. The lowest BCUT2D eigenvalue weighted by atomic mass is 10.0. The zero-order valence-corrected chi connectivity index (χ0v) is 15.5. The molecule has 1 aliphatic rings. The van der Waals surface area contributed by atoms with Crippen LogP contribution in [-0.2, 0) is 4.74 Å². The van der Waals surface area contributed by atoms with Gasteiger partial charge in [-0.3, -0.25) is 9.89 Å². The Morgan fingerprint density at radius 1 is 1.29 bits per heavy atom. The van der Waals surface area contributed by atoms with E-state index in [-0.39, 0.29) is 6.04 Å².